The van der Waals surface area contributed by atoms with E-state index in [2.05, 4.69) is 19.2 Å². The topological polar surface area (TPSA) is 34.1 Å². The van der Waals surface area contributed by atoms with Gasteiger partial charge in [-0.1, -0.05) is 13.8 Å². The Kier molecular flexibility index (Phi) is 4.74. The number of nitrogens with zero attached hydrogens (tertiary/aromatic N) is 1. The summed E-state index contributed by atoms with van der Waals surface area (Å²) in [6.07, 6.45) is 7.84. The average molecular weight is 294 g/mol. The third kappa shape index (κ3) is 3.80. The molecule has 112 valence electrons. The van der Waals surface area contributed by atoms with Crippen molar-refractivity contribution in [2.24, 2.45) is 0 Å². The summed E-state index contributed by atoms with van der Waals surface area (Å²) in [5.74, 6) is 0.517. The second-order valence-corrected chi connectivity index (χ2v) is 7.59. The fourth-order valence-electron chi connectivity index (χ4n) is 2.77. The number of hydrogen-bond donors (Lipinski definition) is 1. The molecule has 2 fully saturated rings. The maximum absolute atomic E-state index is 5.85. The van der Waals surface area contributed by atoms with Crippen LogP contribution in [-0.2, 0) is 17.7 Å². The molecule has 0 spiro atoms. The van der Waals surface area contributed by atoms with Gasteiger partial charge in [0.15, 0.2) is 0 Å². The molecule has 0 radical (unpaired) electrons. The molecule has 1 aliphatic carbocycles. The average Bonchev–Trinajstić information content (AvgIpc) is 3.18. The van der Waals surface area contributed by atoms with Crippen molar-refractivity contribution in [1.82, 2.24) is 10.3 Å². The Morgan fingerprint density at radius 3 is 2.80 bits per heavy atom. The standard InChI is InChI=1S/C16H26N2OS/c1-11(2)16-14(10-17-12-6-7-12)20-15(18-16)9-13-5-3-4-8-19-13/h11-13,17H,3-10H2,1-2H3. The first-order valence-corrected chi connectivity index (χ1v) is 8.87. The Balaban J connectivity index is 1.64. The Bertz CT molecular complexity index is 434. The molecule has 20 heavy (non-hydrogen) atoms. The molecule has 0 aromatic carbocycles. The van der Waals surface area contributed by atoms with Crippen LogP contribution in [0.5, 0.6) is 0 Å². The number of hydrogen-bond acceptors (Lipinski definition) is 4. The molecule has 4 heteroatoms. The van der Waals surface area contributed by atoms with Crippen molar-refractivity contribution in [3.05, 3.63) is 15.6 Å². The summed E-state index contributed by atoms with van der Waals surface area (Å²) in [4.78, 5) is 6.34. The van der Waals surface area contributed by atoms with E-state index >= 15 is 0 Å². The fraction of sp³-hybridized carbons (Fsp3) is 0.812. The lowest BCUT2D eigenvalue weighted by Gasteiger charge is -2.21. The second kappa shape index (κ2) is 6.54. The minimum Gasteiger partial charge on any atom is -0.378 e. The molecular weight excluding hydrogens is 268 g/mol. The zero-order valence-corrected chi connectivity index (χ0v) is 13.5. The van der Waals surface area contributed by atoms with Gasteiger partial charge in [0.1, 0.15) is 0 Å². The highest BCUT2D eigenvalue weighted by molar-refractivity contribution is 7.11. The van der Waals surface area contributed by atoms with Gasteiger partial charge in [-0.3, -0.25) is 0 Å². The first kappa shape index (κ1) is 14.5. The number of rotatable bonds is 6. The quantitative estimate of drug-likeness (QED) is 0.870. The molecule has 1 aromatic heterocycles. The minimum absolute atomic E-state index is 0.402. The highest BCUT2D eigenvalue weighted by Gasteiger charge is 2.23. The van der Waals surface area contributed by atoms with Crippen molar-refractivity contribution < 1.29 is 4.74 Å². The Morgan fingerprint density at radius 1 is 1.30 bits per heavy atom. The van der Waals surface area contributed by atoms with Crippen molar-refractivity contribution in [2.45, 2.75) is 77.0 Å². The van der Waals surface area contributed by atoms with E-state index in [1.54, 1.807) is 0 Å². The van der Waals surface area contributed by atoms with E-state index in [0.29, 0.717) is 12.0 Å². The van der Waals surface area contributed by atoms with Gasteiger partial charge in [0, 0.05) is 30.5 Å². The predicted octanol–water partition coefficient (Wildman–Crippen LogP) is 3.63. The Labute approximate surface area is 126 Å². The van der Waals surface area contributed by atoms with Crippen molar-refractivity contribution >= 4 is 11.3 Å². The highest BCUT2D eigenvalue weighted by atomic mass is 32.1. The van der Waals surface area contributed by atoms with E-state index in [9.17, 15) is 0 Å². The van der Waals surface area contributed by atoms with Crippen molar-refractivity contribution in [3.63, 3.8) is 0 Å². The summed E-state index contributed by atoms with van der Waals surface area (Å²) in [5, 5.41) is 4.90. The molecule has 0 bridgehead atoms. The van der Waals surface area contributed by atoms with Crippen LogP contribution in [0.15, 0.2) is 0 Å². The van der Waals surface area contributed by atoms with Crippen LogP contribution in [0.1, 0.15) is 67.4 Å². The molecule has 3 nitrogen and oxygen atoms in total. The molecule has 2 heterocycles. The van der Waals surface area contributed by atoms with Crippen LogP contribution in [0.4, 0.5) is 0 Å². The normalized spacial score (nSPS) is 23.4. The molecule has 3 rings (SSSR count). The van der Waals surface area contributed by atoms with Crippen molar-refractivity contribution in [3.8, 4) is 0 Å². The van der Waals surface area contributed by atoms with E-state index in [-0.39, 0.29) is 0 Å². The molecule has 1 saturated carbocycles. The Hall–Kier alpha value is -0.450. The van der Waals surface area contributed by atoms with Gasteiger partial charge >= 0.3 is 0 Å². The van der Waals surface area contributed by atoms with Gasteiger partial charge in [-0.25, -0.2) is 4.98 Å². The van der Waals surface area contributed by atoms with E-state index in [1.165, 1.54) is 47.7 Å². The zero-order valence-electron chi connectivity index (χ0n) is 12.7. The van der Waals surface area contributed by atoms with Gasteiger partial charge < -0.3 is 10.1 Å². The SMILES string of the molecule is CC(C)c1nc(CC2CCCCO2)sc1CNC1CC1. The highest BCUT2D eigenvalue weighted by Crippen LogP contribution is 2.29. The first-order valence-electron chi connectivity index (χ1n) is 8.06. The lowest BCUT2D eigenvalue weighted by atomic mass is 10.1. The maximum Gasteiger partial charge on any atom is 0.0957 e. The largest absolute Gasteiger partial charge is 0.378 e. The molecule has 1 unspecified atom stereocenters. The van der Waals surface area contributed by atoms with E-state index in [4.69, 9.17) is 9.72 Å². The zero-order chi connectivity index (χ0) is 13.9. The summed E-state index contributed by atoms with van der Waals surface area (Å²) in [6, 6.07) is 0.766. The van der Waals surface area contributed by atoms with Crippen LogP contribution in [0, 0.1) is 0 Å². The van der Waals surface area contributed by atoms with Crippen LogP contribution < -0.4 is 5.32 Å². The van der Waals surface area contributed by atoms with Crippen molar-refractivity contribution in [1.29, 1.82) is 0 Å². The van der Waals surface area contributed by atoms with Gasteiger partial charge in [0.05, 0.1) is 16.8 Å². The van der Waals surface area contributed by atoms with Gasteiger partial charge in [0.2, 0.25) is 0 Å². The van der Waals surface area contributed by atoms with E-state index < -0.39 is 0 Å². The van der Waals surface area contributed by atoms with Gasteiger partial charge in [-0.15, -0.1) is 11.3 Å². The maximum atomic E-state index is 5.85. The number of ether oxygens (including phenoxy) is 1. The summed E-state index contributed by atoms with van der Waals surface area (Å²) >= 11 is 1.90. The van der Waals surface area contributed by atoms with Gasteiger partial charge in [0.25, 0.3) is 0 Å². The van der Waals surface area contributed by atoms with Crippen LogP contribution >= 0.6 is 11.3 Å². The number of aromatic nitrogens is 1. The third-order valence-corrected chi connectivity index (χ3v) is 5.22. The number of nitrogens with one attached hydrogen (secondary N) is 1. The first-order chi connectivity index (χ1) is 9.72. The summed E-state index contributed by atoms with van der Waals surface area (Å²) in [6.45, 7) is 6.43. The van der Waals surface area contributed by atoms with Crippen LogP contribution in [0.3, 0.4) is 0 Å². The van der Waals surface area contributed by atoms with Gasteiger partial charge in [-0.05, 0) is 38.0 Å². The molecule has 0 amide bonds. The van der Waals surface area contributed by atoms with Crippen LogP contribution in [-0.4, -0.2) is 23.7 Å². The molecule has 1 atom stereocenters. The molecule has 1 aromatic rings. The van der Waals surface area contributed by atoms with E-state index in [0.717, 1.165) is 25.6 Å². The lowest BCUT2D eigenvalue weighted by Crippen LogP contribution is -2.21. The fourth-order valence-corrected chi connectivity index (χ4v) is 4.01. The summed E-state index contributed by atoms with van der Waals surface area (Å²) < 4.78 is 5.85. The monoisotopic (exact) mass is 294 g/mol. The van der Waals surface area contributed by atoms with Gasteiger partial charge in [-0.2, -0.15) is 0 Å². The smallest absolute Gasteiger partial charge is 0.0957 e. The minimum atomic E-state index is 0.402. The van der Waals surface area contributed by atoms with E-state index in [1.807, 2.05) is 11.3 Å². The summed E-state index contributed by atoms with van der Waals surface area (Å²) in [7, 11) is 0. The molecule has 1 saturated heterocycles. The Morgan fingerprint density at radius 2 is 2.15 bits per heavy atom. The van der Waals surface area contributed by atoms with Crippen LogP contribution in [0.2, 0.25) is 0 Å². The van der Waals surface area contributed by atoms with Crippen LogP contribution in [0.25, 0.3) is 0 Å². The lowest BCUT2D eigenvalue weighted by molar-refractivity contribution is 0.0167. The predicted molar refractivity (Wildman–Crippen MR) is 83.4 cm³/mol. The molecule has 1 aliphatic heterocycles. The molecular formula is C16H26N2OS. The molecule has 1 N–H and O–H groups in total. The third-order valence-electron chi connectivity index (χ3n) is 4.12. The molecule has 2 aliphatic rings. The van der Waals surface area contributed by atoms with Crippen molar-refractivity contribution in [2.75, 3.05) is 6.61 Å². The summed E-state index contributed by atoms with van der Waals surface area (Å²) in [5.41, 5.74) is 1.30. The second-order valence-electron chi connectivity index (χ2n) is 6.42. The number of thiazole rings is 1.